The van der Waals surface area contributed by atoms with E-state index in [1.807, 2.05) is 13.8 Å². The van der Waals surface area contributed by atoms with Gasteiger partial charge in [0.25, 0.3) is 0 Å². The van der Waals surface area contributed by atoms with Crippen LogP contribution in [0.2, 0.25) is 0 Å². The second kappa shape index (κ2) is 7.03. The van der Waals surface area contributed by atoms with Crippen molar-refractivity contribution < 1.29 is 4.74 Å². The lowest BCUT2D eigenvalue weighted by Crippen LogP contribution is -2.25. The molecule has 1 rings (SSSR count). The molecule has 2 nitrogen and oxygen atoms in total. The Morgan fingerprint density at radius 3 is 2.60 bits per heavy atom. The molecule has 0 aromatic carbocycles. The van der Waals surface area contributed by atoms with E-state index < -0.39 is 0 Å². The zero-order valence-electron chi connectivity index (χ0n) is 7.31. The molecule has 0 spiro atoms. The number of methoxy groups -OCH3 is 1. The SMILES string of the molecule is CC.COC[C@H]1CCCN1. The van der Waals surface area contributed by atoms with Gasteiger partial charge in [0.2, 0.25) is 0 Å². The number of nitrogens with one attached hydrogen (secondary N) is 1. The summed E-state index contributed by atoms with van der Waals surface area (Å²) < 4.78 is 4.96. The second-order valence-corrected chi connectivity index (χ2v) is 2.25. The van der Waals surface area contributed by atoms with Crippen LogP contribution in [0.4, 0.5) is 0 Å². The van der Waals surface area contributed by atoms with Crippen LogP contribution < -0.4 is 5.32 Å². The molecule has 0 bridgehead atoms. The summed E-state index contributed by atoms with van der Waals surface area (Å²) in [5.41, 5.74) is 0. The Balaban J connectivity index is 0.000000371. The normalized spacial score (nSPS) is 23.7. The van der Waals surface area contributed by atoms with Crippen LogP contribution in [-0.4, -0.2) is 26.3 Å². The van der Waals surface area contributed by atoms with Crippen molar-refractivity contribution in [3.8, 4) is 0 Å². The molecule has 1 saturated heterocycles. The summed E-state index contributed by atoms with van der Waals surface area (Å²) in [6.07, 6.45) is 2.60. The van der Waals surface area contributed by atoms with Crippen LogP contribution in [0.15, 0.2) is 0 Å². The predicted molar refractivity (Wildman–Crippen MR) is 44.2 cm³/mol. The molecule has 0 aromatic rings. The highest BCUT2D eigenvalue weighted by molar-refractivity contribution is 4.72. The quantitative estimate of drug-likeness (QED) is 0.634. The van der Waals surface area contributed by atoms with Gasteiger partial charge in [-0.3, -0.25) is 0 Å². The molecule has 0 amide bonds. The van der Waals surface area contributed by atoms with Gasteiger partial charge in [-0.15, -0.1) is 0 Å². The Labute approximate surface area is 64.0 Å². The van der Waals surface area contributed by atoms with Gasteiger partial charge in [-0.25, -0.2) is 0 Å². The Kier molecular flexibility index (Phi) is 6.98. The van der Waals surface area contributed by atoms with Gasteiger partial charge in [-0.1, -0.05) is 13.8 Å². The first-order chi connectivity index (χ1) is 4.93. The first-order valence-electron chi connectivity index (χ1n) is 4.16. The summed E-state index contributed by atoms with van der Waals surface area (Å²) in [7, 11) is 1.75. The highest BCUT2D eigenvalue weighted by Crippen LogP contribution is 2.03. The standard InChI is InChI=1S/C6H13NO.C2H6/c1-8-5-6-3-2-4-7-6;1-2/h6-7H,2-5H2,1H3;1-2H3/t6-;/m1./s1. The van der Waals surface area contributed by atoms with Crippen LogP contribution in [0.5, 0.6) is 0 Å². The van der Waals surface area contributed by atoms with Crippen molar-refractivity contribution in [2.45, 2.75) is 32.7 Å². The summed E-state index contributed by atoms with van der Waals surface area (Å²) in [4.78, 5) is 0. The smallest absolute Gasteiger partial charge is 0.0615 e. The molecule has 0 unspecified atom stereocenters. The molecule has 1 aliphatic rings. The third-order valence-electron chi connectivity index (χ3n) is 1.53. The van der Waals surface area contributed by atoms with E-state index in [9.17, 15) is 0 Å². The molecule has 1 aliphatic heterocycles. The third kappa shape index (κ3) is 3.85. The van der Waals surface area contributed by atoms with E-state index in [0.717, 1.165) is 6.61 Å². The molecule has 1 N–H and O–H groups in total. The average Bonchev–Trinajstić information content (AvgIpc) is 2.46. The van der Waals surface area contributed by atoms with E-state index in [1.165, 1.54) is 19.4 Å². The minimum Gasteiger partial charge on any atom is -0.383 e. The first kappa shape index (κ1) is 9.92. The average molecular weight is 145 g/mol. The fourth-order valence-corrected chi connectivity index (χ4v) is 1.10. The predicted octanol–water partition coefficient (Wildman–Crippen LogP) is 1.41. The van der Waals surface area contributed by atoms with E-state index in [1.54, 1.807) is 7.11 Å². The van der Waals surface area contributed by atoms with Gasteiger partial charge < -0.3 is 10.1 Å². The van der Waals surface area contributed by atoms with Gasteiger partial charge in [0, 0.05) is 13.2 Å². The highest BCUT2D eigenvalue weighted by Gasteiger charge is 2.11. The second-order valence-electron chi connectivity index (χ2n) is 2.25. The minimum absolute atomic E-state index is 0.639. The van der Waals surface area contributed by atoms with Crippen molar-refractivity contribution in [2.24, 2.45) is 0 Å². The molecule has 2 heteroatoms. The maximum atomic E-state index is 4.96. The van der Waals surface area contributed by atoms with Crippen LogP contribution in [0.1, 0.15) is 26.7 Å². The van der Waals surface area contributed by atoms with E-state index in [0.29, 0.717) is 6.04 Å². The van der Waals surface area contributed by atoms with Crippen LogP contribution in [0.25, 0.3) is 0 Å². The molecule has 0 aromatic heterocycles. The van der Waals surface area contributed by atoms with E-state index in [2.05, 4.69) is 5.32 Å². The van der Waals surface area contributed by atoms with Gasteiger partial charge in [0.05, 0.1) is 6.61 Å². The molecule has 10 heavy (non-hydrogen) atoms. The number of hydrogen-bond donors (Lipinski definition) is 1. The Bertz CT molecular complexity index is 60.3. The van der Waals surface area contributed by atoms with Crippen molar-refractivity contribution in [1.82, 2.24) is 5.32 Å². The zero-order chi connectivity index (χ0) is 7.82. The molecule has 1 atom stereocenters. The zero-order valence-corrected chi connectivity index (χ0v) is 7.31. The number of rotatable bonds is 2. The fourth-order valence-electron chi connectivity index (χ4n) is 1.10. The molecular formula is C8H19NO. The van der Waals surface area contributed by atoms with Crippen molar-refractivity contribution in [1.29, 1.82) is 0 Å². The van der Waals surface area contributed by atoms with Gasteiger partial charge in [0.15, 0.2) is 0 Å². The fraction of sp³-hybridized carbons (Fsp3) is 1.00. The highest BCUT2D eigenvalue weighted by atomic mass is 16.5. The molecule has 0 aliphatic carbocycles. The van der Waals surface area contributed by atoms with Gasteiger partial charge in [-0.05, 0) is 19.4 Å². The van der Waals surface area contributed by atoms with Gasteiger partial charge in [-0.2, -0.15) is 0 Å². The van der Waals surface area contributed by atoms with Crippen molar-refractivity contribution in [3.05, 3.63) is 0 Å². The van der Waals surface area contributed by atoms with Crippen LogP contribution in [0.3, 0.4) is 0 Å². The summed E-state index contributed by atoms with van der Waals surface area (Å²) >= 11 is 0. The molecule has 62 valence electrons. The maximum Gasteiger partial charge on any atom is 0.0615 e. The van der Waals surface area contributed by atoms with Crippen LogP contribution >= 0.6 is 0 Å². The number of ether oxygens (including phenoxy) is 1. The third-order valence-corrected chi connectivity index (χ3v) is 1.53. The van der Waals surface area contributed by atoms with Gasteiger partial charge >= 0.3 is 0 Å². The van der Waals surface area contributed by atoms with Crippen LogP contribution in [0, 0.1) is 0 Å². The summed E-state index contributed by atoms with van der Waals surface area (Å²) in [5, 5.41) is 3.33. The summed E-state index contributed by atoms with van der Waals surface area (Å²) in [6, 6.07) is 0.639. The molecule has 0 saturated carbocycles. The van der Waals surface area contributed by atoms with E-state index >= 15 is 0 Å². The number of hydrogen-bond acceptors (Lipinski definition) is 2. The lowest BCUT2D eigenvalue weighted by molar-refractivity contribution is 0.173. The molecule has 0 radical (unpaired) electrons. The topological polar surface area (TPSA) is 21.3 Å². The van der Waals surface area contributed by atoms with Crippen LogP contribution in [-0.2, 0) is 4.74 Å². The summed E-state index contributed by atoms with van der Waals surface area (Å²) in [5.74, 6) is 0. The van der Waals surface area contributed by atoms with Crippen molar-refractivity contribution >= 4 is 0 Å². The maximum absolute atomic E-state index is 4.96. The van der Waals surface area contributed by atoms with E-state index in [4.69, 9.17) is 4.74 Å². The van der Waals surface area contributed by atoms with Crippen molar-refractivity contribution in [3.63, 3.8) is 0 Å². The molecule has 1 heterocycles. The molecular weight excluding hydrogens is 126 g/mol. The van der Waals surface area contributed by atoms with Gasteiger partial charge in [0.1, 0.15) is 0 Å². The largest absolute Gasteiger partial charge is 0.383 e. The Hall–Kier alpha value is -0.0800. The lowest BCUT2D eigenvalue weighted by Gasteiger charge is -2.05. The lowest BCUT2D eigenvalue weighted by atomic mass is 10.2. The summed E-state index contributed by atoms with van der Waals surface area (Å²) in [6.45, 7) is 6.05. The van der Waals surface area contributed by atoms with E-state index in [-0.39, 0.29) is 0 Å². The van der Waals surface area contributed by atoms with Crippen molar-refractivity contribution in [2.75, 3.05) is 20.3 Å². The molecule has 1 fully saturated rings. The first-order valence-corrected chi connectivity index (χ1v) is 4.16. The Morgan fingerprint density at radius 1 is 1.50 bits per heavy atom. The monoisotopic (exact) mass is 145 g/mol. The Morgan fingerprint density at radius 2 is 2.20 bits per heavy atom. The minimum atomic E-state index is 0.639.